The van der Waals surface area contributed by atoms with Gasteiger partial charge in [0.15, 0.2) is 17.8 Å². The number of aryl methyl sites for hydroxylation is 1. The van der Waals surface area contributed by atoms with Crippen LogP contribution in [-0.2, 0) is 6.61 Å². The molecule has 0 atom stereocenters. The van der Waals surface area contributed by atoms with Crippen LogP contribution < -0.4 is 9.47 Å². The van der Waals surface area contributed by atoms with Crippen LogP contribution in [0, 0.1) is 6.92 Å². The minimum absolute atomic E-state index is 0.119. The van der Waals surface area contributed by atoms with Crippen LogP contribution >= 0.6 is 11.6 Å². The van der Waals surface area contributed by atoms with E-state index in [0.29, 0.717) is 39.8 Å². The number of halogens is 1. The lowest BCUT2D eigenvalue weighted by Crippen LogP contribution is -2.02. The Hall–Kier alpha value is -2.08. The summed E-state index contributed by atoms with van der Waals surface area (Å²) < 4.78 is 15.3. The lowest BCUT2D eigenvalue weighted by Gasteiger charge is -2.12. The molecule has 7 heteroatoms. The number of ether oxygens (including phenoxy) is 2. The number of hydrogen-bond acceptors (Lipinski definition) is 6. The number of carbonyl (C=O) groups excluding carboxylic acids is 1. The number of methoxy groups -OCH3 is 1. The molecule has 0 spiro atoms. The molecule has 0 amide bonds. The SMILES string of the molecule is COc1cc(Cl)cc(C=O)c1OCc1nonc1C. The van der Waals surface area contributed by atoms with Gasteiger partial charge in [0.1, 0.15) is 18.0 Å². The maximum absolute atomic E-state index is 11.0. The fraction of sp³-hybridized carbons (Fsp3) is 0.250. The molecule has 0 bridgehead atoms. The van der Waals surface area contributed by atoms with Gasteiger partial charge in [-0.05, 0) is 13.0 Å². The third kappa shape index (κ3) is 2.85. The average Bonchev–Trinajstić information content (AvgIpc) is 2.81. The Morgan fingerprint density at radius 3 is 2.79 bits per heavy atom. The number of aromatic nitrogens is 2. The van der Waals surface area contributed by atoms with Gasteiger partial charge in [-0.3, -0.25) is 4.79 Å². The molecule has 19 heavy (non-hydrogen) atoms. The van der Waals surface area contributed by atoms with Crippen LogP contribution in [0.25, 0.3) is 0 Å². The lowest BCUT2D eigenvalue weighted by molar-refractivity contribution is 0.111. The van der Waals surface area contributed by atoms with Gasteiger partial charge in [-0.15, -0.1) is 0 Å². The highest BCUT2D eigenvalue weighted by Crippen LogP contribution is 2.34. The van der Waals surface area contributed by atoms with Crippen LogP contribution in [-0.4, -0.2) is 23.7 Å². The van der Waals surface area contributed by atoms with Crippen molar-refractivity contribution in [2.24, 2.45) is 0 Å². The maximum atomic E-state index is 11.0. The van der Waals surface area contributed by atoms with Gasteiger partial charge in [-0.2, -0.15) is 0 Å². The molecule has 2 rings (SSSR count). The molecule has 0 saturated carbocycles. The predicted octanol–water partition coefficient (Wildman–Crippen LogP) is 2.43. The van der Waals surface area contributed by atoms with E-state index >= 15 is 0 Å². The molecule has 1 heterocycles. The van der Waals surface area contributed by atoms with E-state index in [1.54, 1.807) is 13.0 Å². The quantitative estimate of drug-likeness (QED) is 0.784. The zero-order valence-electron chi connectivity index (χ0n) is 10.3. The topological polar surface area (TPSA) is 74.5 Å². The lowest BCUT2D eigenvalue weighted by atomic mass is 10.2. The number of hydrogen-bond donors (Lipinski definition) is 0. The van der Waals surface area contributed by atoms with Gasteiger partial charge in [0, 0.05) is 11.1 Å². The van der Waals surface area contributed by atoms with E-state index in [-0.39, 0.29) is 6.61 Å². The minimum atomic E-state index is 0.119. The summed E-state index contributed by atoms with van der Waals surface area (Å²) in [6.45, 7) is 1.86. The molecule has 0 saturated heterocycles. The van der Waals surface area contributed by atoms with Gasteiger partial charge in [0.05, 0.1) is 12.7 Å². The number of rotatable bonds is 5. The van der Waals surface area contributed by atoms with Gasteiger partial charge in [0.25, 0.3) is 0 Å². The highest BCUT2D eigenvalue weighted by Gasteiger charge is 2.14. The van der Waals surface area contributed by atoms with Gasteiger partial charge in [-0.25, -0.2) is 4.63 Å². The fourth-order valence-electron chi connectivity index (χ4n) is 1.50. The Bertz CT molecular complexity index is 597. The van der Waals surface area contributed by atoms with Crippen LogP contribution in [0.1, 0.15) is 21.7 Å². The van der Waals surface area contributed by atoms with Gasteiger partial charge >= 0.3 is 0 Å². The first kappa shape index (κ1) is 13.4. The first-order chi connectivity index (χ1) is 9.15. The van der Waals surface area contributed by atoms with E-state index in [9.17, 15) is 4.79 Å². The molecule has 0 unspecified atom stereocenters. The van der Waals surface area contributed by atoms with Crippen LogP contribution in [0.5, 0.6) is 11.5 Å². The standard InChI is InChI=1S/C12H11ClN2O4/c1-7-10(15-19-14-7)6-18-12-8(5-16)3-9(13)4-11(12)17-2/h3-5H,6H2,1-2H3. The molecular formula is C12H11ClN2O4. The van der Waals surface area contributed by atoms with Crippen molar-refractivity contribution in [3.05, 3.63) is 34.1 Å². The zero-order chi connectivity index (χ0) is 13.8. The van der Waals surface area contributed by atoms with Crippen molar-refractivity contribution in [2.75, 3.05) is 7.11 Å². The van der Waals surface area contributed by atoms with E-state index in [2.05, 4.69) is 14.9 Å². The summed E-state index contributed by atoms with van der Waals surface area (Å²) in [5.74, 6) is 0.688. The molecular weight excluding hydrogens is 272 g/mol. The van der Waals surface area contributed by atoms with Crippen LogP contribution in [0.2, 0.25) is 5.02 Å². The highest BCUT2D eigenvalue weighted by molar-refractivity contribution is 6.31. The third-order valence-corrected chi connectivity index (χ3v) is 2.71. The number of aldehydes is 1. The highest BCUT2D eigenvalue weighted by atomic mass is 35.5. The zero-order valence-corrected chi connectivity index (χ0v) is 11.1. The summed E-state index contributed by atoms with van der Waals surface area (Å²) >= 11 is 5.87. The summed E-state index contributed by atoms with van der Waals surface area (Å²) in [5.41, 5.74) is 1.48. The van der Waals surface area contributed by atoms with Crippen LogP contribution in [0.3, 0.4) is 0 Å². The Morgan fingerprint density at radius 2 is 2.21 bits per heavy atom. The summed E-state index contributed by atoms with van der Waals surface area (Å²) in [6, 6.07) is 3.07. The van der Waals surface area contributed by atoms with Crippen LogP contribution in [0.15, 0.2) is 16.8 Å². The van der Waals surface area contributed by atoms with Crippen LogP contribution in [0.4, 0.5) is 0 Å². The molecule has 100 valence electrons. The normalized spacial score (nSPS) is 10.3. The molecule has 6 nitrogen and oxygen atoms in total. The van der Waals surface area contributed by atoms with E-state index in [1.807, 2.05) is 0 Å². The summed E-state index contributed by atoms with van der Waals surface area (Å²) in [6.07, 6.45) is 0.650. The van der Waals surface area contributed by atoms with Crippen molar-refractivity contribution < 1.29 is 18.9 Å². The molecule has 0 fully saturated rings. The second-order valence-corrected chi connectivity index (χ2v) is 4.17. The Labute approximate surface area is 114 Å². The molecule has 0 aliphatic heterocycles. The van der Waals surface area contributed by atoms with E-state index in [1.165, 1.54) is 13.2 Å². The summed E-state index contributed by atoms with van der Waals surface area (Å²) in [7, 11) is 1.47. The van der Waals surface area contributed by atoms with Crippen molar-refractivity contribution in [3.63, 3.8) is 0 Å². The molecule has 1 aromatic heterocycles. The first-order valence-corrected chi connectivity index (χ1v) is 5.77. The smallest absolute Gasteiger partial charge is 0.172 e. The van der Waals surface area contributed by atoms with Gasteiger partial charge < -0.3 is 9.47 Å². The molecule has 0 radical (unpaired) electrons. The monoisotopic (exact) mass is 282 g/mol. The van der Waals surface area contributed by atoms with Gasteiger partial charge in [0.2, 0.25) is 0 Å². The van der Waals surface area contributed by atoms with E-state index in [4.69, 9.17) is 21.1 Å². The Balaban J connectivity index is 2.28. The Kier molecular flexibility index (Phi) is 4.01. The first-order valence-electron chi connectivity index (χ1n) is 5.39. The Morgan fingerprint density at radius 1 is 1.42 bits per heavy atom. The molecule has 0 aliphatic carbocycles. The maximum Gasteiger partial charge on any atom is 0.172 e. The summed E-state index contributed by atoms with van der Waals surface area (Å²) in [5, 5.41) is 7.73. The predicted molar refractivity (Wildman–Crippen MR) is 66.8 cm³/mol. The van der Waals surface area contributed by atoms with Crippen molar-refractivity contribution in [2.45, 2.75) is 13.5 Å². The summed E-state index contributed by atoms with van der Waals surface area (Å²) in [4.78, 5) is 11.0. The largest absolute Gasteiger partial charge is 0.493 e. The van der Waals surface area contributed by atoms with Crippen molar-refractivity contribution >= 4 is 17.9 Å². The third-order valence-electron chi connectivity index (χ3n) is 2.49. The number of benzene rings is 1. The van der Waals surface area contributed by atoms with Crippen molar-refractivity contribution in [3.8, 4) is 11.5 Å². The number of carbonyl (C=O) groups is 1. The molecule has 2 aromatic rings. The molecule has 0 aliphatic rings. The number of nitrogens with zero attached hydrogens (tertiary/aromatic N) is 2. The second-order valence-electron chi connectivity index (χ2n) is 3.73. The van der Waals surface area contributed by atoms with E-state index < -0.39 is 0 Å². The fourth-order valence-corrected chi connectivity index (χ4v) is 1.72. The van der Waals surface area contributed by atoms with Crippen molar-refractivity contribution in [1.82, 2.24) is 10.3 Å². The van der Waals surface area contributed by atoms with Gasteiger partial charge in [-0.1, -0.05) is 21.9 Å². The van der Waals surface area contributed by atoms with Crippen molar-refractivity contribution in [1.29, 1.82) is 0 Å². The average molecular weight is 283 g/mol. The minimum Gasteiger partial charge on any atom is -0.493 e. The molecule has 1 aromatic carbocycles. The van der Waals surface area contributed by atoms with E-state index in [0.717, 1.165) is 0 Å². The second kappa shape index (κ2) is 5.71. The molecule has 0 N–H and O–H groups in total.